The number of rotatable bonds is 0. The van der Waals surface area contributed by atoms with Crippen molar-refractivity contribution in [1.82, 2.24) is 0 Å². The van der Waals surface area contributed by atoms with Crippen molar-refractivity contribution in [2.75, 3.05) is 0 Å². The van der Waals surface area contributed by atoms with Crippen LogP contribution in [0, 0.1) is 0 Å². The van der Waals surface area contributed by atoms with Crippen molar-refractivity contribution in [1.29, 1.82) is 0 Å². The van der Waals surface area contributed by atoms with Gasteiger partial charge in [-0.1, -0.05) is 18.2 Å². The first-order chi connectivity index (χ1) is 5.44. The van der Waals surface area contributed by atoms with Crippen LogP contribution in [0.15, 0.2) is 24.3 Å². The van der Waals surface area contributed by atoms with E-state index in [0.717, 1.165) is 0 Å². The van der Waals surface area contributed by atoms with Gasteiger partial charge in [-0.3, -0.25) is 0 Å². The molecule has 0 heterocycles. The van der Waals surface area contributed by atoms with Gasteiger partial charge in [0.15, 0.2) is 4.58 Å². The van der Waals surface area contributed by atoms with Crippen LogP contribution in [0.1, 0.15) is 20.3 Å². The lowest BCUT2D eigenvalue weighted by molar-refractivity contribution is -0.114. The van der Waals surface area contributed by atoms with Crippen molar-refractivity contribution in [2.24, 2.45) is 0 Å². The molecule has 68 valence electrons. The Morgan fingerprint density at radius 1 is 1.50 bits per heavy atom. The molecule has 1 unspecified atom stereocenters. The summed E-state index contributed by atoms with van der Waals surface area (Å²) in [7, 11) is 0. The van der Waals surface area contributed by atoms with Gasteiger partial charge >= 0.3 is 0 Å². The van der Waals surface area contributed by atoms with Crippen molar-refractivity contribution in [3.05, 3.63) is 24.3 Å². The molecule has 0 bridgehead atoms. The van der Waals surface area contributed by atoms with E-state index in [9.17, 15) is 9.18 Å². The van der Waals surface area contributed by atoms with E-state index in [1.54, 1.807) is 12.2 Å². The van der Waals surface area contributed by atoms with Gasteiger partial charge in [0, 0.05) is 6.42 Å². The molecule has 1 atom stereocenters. The number of Topliss-reactive ketones (excluding diaryl/α,β-unsaturated/α-hetero) is 1. The molecule has 0 amide bonds. The third-order valence-electron chi connectivity index (χ3n) is 0.977. The highest BCUT2D eigenvalue weighted by Gasteiger charge is 2.20. The summed E-state index contributed by atoms with van der Waals surface area (Å²) >= 11 is 2.89. The summed E-state index contributed by atoms with van der Waals surface area (Å²) in [5, 5.41) is 0. The van der Waals surface area contributed by atoms with E-state index in [-0.39, 0.29) is 5.78 Å². The third-order valence-corrected chi connectivity index (χ3v) is 1.57. The average Bonchev–Trinajstić information content (AvgIpc) is 1.85. The molecule has 1 nitrogen and oxygen atoms in total. The molecule has 1 rings (SSSR count). The lowest BCUT2D eigenvalue weighted by Gasteiger charge is -2.11. The molecule has 1 aliphatic rings. The maximum Gasteiger partial charge on any atom is 0.186 e. The third kappa shape index (κ3) is 7.66. The minimum absolute atomic E-state index is 0.167. The molecule has 0 aliphatic heterocycles. The predicted molar refractivity (Wildman–Crippen MR) is 52.0 cm³/mol. The summed E-state index contributed by atoms with van der Waals surface area (Å²) < 4.78 is 11.4. The van der Waals surface area contributed by atoms with Gasteiger partial charge in [-0.2, -0.15) is 0 Å². The smallest absolute Gasteiger partial charge is 0.186 e. The largest absolute Gasteiger partial charge is 0.300 e. The molecular weight excluding hydrogens is 223 g/mol. The lowest BCUT2D eigenvalue weighted by atomic mass is 10.2. The standard InChI is InChI=1S/C6H6BrF.C3H6O/c7-6(8)4-2-1-3-5-6;1-3(2)4/h1-4H,5H2;1-2H3. The Morgan fingerprint density at radius 2 is 2.00 bits per heavy atom. The Labute approximate surface area is 80.5 Å². The van der Waals surface area contributed by atoms with Crippen LogP contribution >= 0.6 is 15.9 Å². The first-order valence-corrected chi connectivity index (χ1v) is 4.43. The summed E-state index contributed by atoms with van der Waals surface area (Å²) in [5.74, 6) is 0.167. The van der Waals surface area contributed by atoms with Crippen LogP contribution in [-0.4, -0.2) is 10.4 Å². The number of carbonyl (C=O) groups excluding carboxylic acids is 1. The second kappa shape index (κ2) is 5.25. The van der Waals surface area contributed by atoms with Gasteiger partial charge in [0.1, 0.15) is 5.78 Å². The molecule has 3 heteroatoms. The fourth-order valence-corrected chi connectivity index (χ4v) is 0.908. The maximum atomic E-state index is 12.6. The van der Waals surface area contributed by atoms with Gasteiger partial charge in [0.05, 0.1) is 0 Å². The first kappa shape index (κ1) is 11.6. The normalized spacial score (nSPS) is 26.0. The molecule has 1 aliphatic carbocycles. The minimum atomic E-state index is -1.28. The zero-order valence-electron chi connectivity index (χ0n) is 7.18. The van der Waals surface area contributed by atoms with E-state index >= 15 is 0 Å². The van der Waals surface area contributed by atoms with Crippen molar-refractivity contribution < 1.29 is 9.18 Å². The van der Waals surface area contributed by atoms with Crippen molar-refractivity contribution in [3.8, 4) is 0 Å². The summed E-state index contributed by atoms with van der Waals surface area (Å²) in [6, 6.07) is 0. The molecule has 0 aromatic heterocycles. The Kier molecular flexibility index (Phi) is 5.06. The molecule has 0 saturated carbocycles. The zero-order valence-corrected chi connectivity index (χ0v) is 8.77. The fraction of sp³-hybridized carbons (Fsp3) is 0.444. The minimum Gasteiger partial charge on any atom is -0.300 e. The summed E-state index contributed by atoms with van der Waals surface area (Å²) in [4.78, 5) is 9.44. The van der Waals surface area contributed by atoms with Crippen LogP contribution in [0.2, 0.25) is 0 Å². The monoisotopic (exact) mass is 234 g/mol. The number of halogens is 2. The van der Waals surface area contributed by atoms with Crippen LogP contribution in [0.3, 0.4) is 0 Å². The summed E-state index contributed by atoms with van der Waals surface area (Å²) in [5.41, 5.74) is 0. The van der Waals surface area contributed by atoms with Crippen molar-refractivity contribution >= 4 is 21.7 Å². The van der Waals surface area contributed by atoms with Crippen LogP contribution in [-0.2, 0) is 4.79 Å². The van der Waals surface area contributed by atoms with E-state index in [0.29, 0.717) is 6.42 Å². The van der Waals surface area contributed by atoms with E-state index < -0.39 is 4.58 Å². The number of hydrogen-bond donors (Lipinski definition) is 0. The SMILES string of the molecule is CC(C)=O.FC1(Br)C=CC=CC1. The van der Waals surface area contributed by atoms with Gasteiger partial charge in [-0.05, 0) is 35.9 Å². The molecule has 0 N–H and O–H groups in total. The van der Waals surface area contributed by atoms with Gasteiger partial charge in [-0.25, -0.2) is 4.39 Å². The first-order valence-electron chi connectivity index (χ1n) is 3.63. The average molecular weight is 235 g/mol. The molecule has 0 aromatic rings. The van der Waals surface area contributed by atoms with Crippen molar-refractivity contribution in [3.63, 3.8) is 0 Å². The highest BCUT2D eigenvalue weighted by molar-refractivity contribution is 9.10. The molecule has 0 radical (unpaired) electrons. The van der Waals surface area contributed by atoms with Crippen LogP contribution < -0.4 is 0 Å². The van der Waals surface area contributed by atoms with Gasteiger partial charge in [0.25, 0.3) is 0 Å². The van der Waals surface area contributed by atoms with Gasteiger partial charge in [-0.15, -0.1) is 0 Å². The number of ketones is 1. The topological polar surface area (TPSA) is 17.1 Å². The highest BCUT2D eigenvalue weighted by atomic mass is 79.9. The Morgan fingerprint density at radius 3 is 2.17 bits per heavy atom. The maximum absolute atomic E-state index is 12.6. The number of alkyl halides is 2. The quantitative estimate of drug-likeness (QED) is 0.589. The molecule has 0 aromatic carbocycles. The van der Waals surface area contributed by atoms with Gasteiger partial charge < -0.3 is 4.79 Å². The lowest BCUT2D eigenvalue weighted by Crippen LogP contribution is -2.08. The molecule has 0 fully saturated rings. The number of carbonyl (C=O) groups is 1. The van der Waals surface area contributed by atoms with E-state index in [1.165, 1.54) is 19.9 Å². The van der Waals surface area contributed by atoms with Crippen LogP contribution in [0.5, 0.6) is 0 Å². The molecule has 12 heavy (non-hydrogen) atoms. The molecule has 0 saturated heterocycles. The Hall–Kier alpha value is -0.440. The fourth-order valence-electron chi connectivity index (χ4n) is 0.568. The second-order valence-electron chi connectivity index (χ2n) is 2.66. The zero-order chi connectivity index (χ0) is 9.61. The van der Waals surface area contributed by atoms with E-state index in [2.05, 4.69) is 15.9 Å². The molecular formula is C9H12BrFO. The highest BCUT2D eigenvalue weighted by Crippen LogP contribution is 2.28. The number of hydrogen-bond acceptors (Lipinski definition) is 1. The summed E-state index contributed by atoms with van der Waals surface area (Å²) in [6.45, 7) is 3.06. The van der Waals surface area contributed by atoms with Crippen LogP contribution in [0.25, 0.3) is 0 Å². The van der Waals surface area contributed by atoms with Crippen LogP contribution in [0.4, 0.5) is 4.39 Å². The summed E-state index contributed by atoms with van der Waals surface area (Å²) in [6.07, 6.45) is 7.24. The Bertz CT molecular complexity index is 203. The number of allylic oxidation sites excluding steroid dienone is 4. The predicted octanol–water partition coefficient (Wildman–Crippen LogP) is 3.16. The molecule has 0 spiro atoms. The van der Waals surface area contributed by atoms with Crippen molar-refractivity contribution in [2.45, 2.75) is 24.8 Å². The van der Waals surface area contributed by atoms with E-state index in [1.807, 2.05) is 6.08 Å². The van der Waals surface area contributed by atoms with Gasteiger partial charge in [0.2, 0.25) is 0 Å². The Balaban J connectivity index is 0.000000261. The second-order valence-corrected chi connectivity index (χ2v) is 3.98. The van der Waals surface area contributed by atoms with E-state index in [4.69, 9.17) is 0 Å².